The Balaban J connectivity index is -0.0000000712. The minimum Gasteiger partial charge on any atom is -0.456 e. The molecule has 0 spiro atoms. The zero-order chi connectivity index (χ0) is 27.2. The van der Waals surface area contributed by atoms with E-state index in [9.17, 15) is 14.7 Å². The van der Waals surface area contributed by atoms with E-state index in [4.69, 9.17) is 9.47 Å². The van der Waals surface area contributed by atoms with Crippen LogP contribution >= 0.6 is 13.5 Å². The average molecular weight is 559 g/mol. The van der Waals surface area contributed by atoms with Crippen molar-refractivity contribution in [2.45, 2.75) is 90.6 Å². The van der Waals surface area contributed by atoms with Gasteiger partial charge in [0.05, 0.1) is 6.61 Å². The number of rotatable bonds is 15. The van der Waals surface area contributed by atoms with Gasteiger partial charge in [-0.25, -0.2) is 4.79 Å². The van der Waals surface area contributed by atoms with Crippen molar-refractivity contribution in [1.29, 1.82) is 0 Å². The molecular formula is C32H62O5S. The SMILES string of the molecule is CC#CC#CC#CC#CC#CC#CC#CC(=O)OC[C@@H](CO)OC(=O)CCCCCCCCCCCC.S.[HH].[HH].[HH].[HH].[HH].[HH].[HH].[HH].[HH].[HH].[HH].[HH].[HH]. The van der Waals surface area contributed by atoms with Crippen molar-refractivity contribution in [3.63, 3.8) is 0 Å². The molecule has 0 aromatic heterocycles. The second-order valence-electron chi connectivity index (χ2n) is 7.70. The van der Waals surface area contributed by atoms with Gasteiger partial charge in [0.1, 0.15) is 6.61 Å². The summed E-state index contributed by atoms with van der Waals surface area (Å²) in [7, 11) is 0. The lowest BCUT2D eigenvalue weighted by Gasteiger charge is -2.14. The number of carbonyl (C=O) groups excluding carboxylic acids is 2. The molecule has 0 rings (SSSR count). The lowest BCUT2D eigenvalue weighted by atomic mass is 10.1. The molecule has 0 aromatic carbocycles. The molecule has 0 aliphatic heterocycles. The molecule has 38 heavy (non-hydrogen) atoms. The quantitative estimate of drug-likeness (QED) is 0.100. The summed E-state index contributed by atoms with van der Waals surface area (Å²) in [4.78, 5) is 23.6. The van der Waals surface area contributed by atoms with Crippen molar-refractivity contribution in [2.24, 2.45) is 0 Å². The molecule has 0 fully saturated rings. The molecule has 0 heterocycles. The van der Waals surface area contributed by atoms with Crippen molar-refractivity contribution in [3.05, 3.63) is 0 Å². The minimum absolute atomic E-state index is 0. The Morgan fingerprint density at radius 1 is 0.711 bits per heavy atom. The van der Waals surface area contributed by atoms with Crippen LogP contribution in [0.25, 0.3) is 0 Å². The van der Waals surface area contributed by atoms with E-state index in [-0.39, 0.29) is 45.1 Å². The van der Waals surface area contributed by atoms with E-state index in [0.717, 1.165) is 19.3 Å². The van der Waals surface area contributed by atoms with Crippen LogP contribution in [-0.2, 0) is 19.1 Å². The van der Waals surface area contributed by atoms with E-state index in [1.54, 1.807) is 6.92 Å². The molecule has 0 bridgehead atoms. The minimum atomic E-state index is -0.925. The smallest absolute Gasteiger partial charge is 0.385 e. The number of carbonyl (C=O) groups is 2. The highest BCUT2D eigenvalue weighted by Crippen LogP contribution is 2.11. The summed E-state index contributed by atoms with van der Waals surface area (Å²) in [5, 5.41) is 9.36. The van der Waals surface area contributed by atoms with E-state index in [2.05, 4.69) is 89.8 Å². The van der Waals surface area contributed by atoms with Crippen LogP contribution in [0.15, 0.2) is 0 Å². The number of ether oxygens (including phenoxy) is 2. The molecule has 5 nitrogen and oxygen atoms in total. The van der Waals surface area contributed by atoms with Crippen LogP contribution in [0, 0.1) is 82.9 Å². The number of hydrogen-bond acceptors (Lipinski definition) is 5. The van der Waals surface area contributed by atoms with Gasteiger partial charge < -0.3 is 14.6 Å². The molecule has 0 aliphatic rings. The highest BCUT2D eigenvalue weighted by Gasteiger charge is 2.15. The van der Waals surface area contributed by atoms with Gasteiger partial charge in [0.2, 0.25) is 0 Å². The number of hydrogen-bond donors (Lipinski definition) is 1. The first kappa shape index (κ1) is 36.3. The summed E-state index contributed by atoms with van der Waals surface area (Å²) in [6.45, 7) is 3.16. The first-order chi connectivity index (χ1) is 18.1. The lowest BCUT2D eigenvalue weighted by molar-refractivity contribution is -0.159. The van der Waals surface area contributed by atoms with Crippen molar-refractivity contribution in [1.82, 2.24) is 0 Å². The van der Waals surface area contributed by atoms with Gasteiger partial charge in [-0.3, -0.25) is 4.79 Å². The Labute approximate surface area is 255 Å². The van der Waals surface area contributed by atoms with Crippen molar-refractivity contribution in [3.8, 4) is 82.9 Å². The van der Waals surface area contributed by atoms with Crippen LogP contribution in [0.3, 0.4) is 0 Å². The van der Waals surface area contributed by atoms with Crippen LogP contribution < -0.4 is 0 Å². The van der Waals surface area contributed by atoms with E-state index in [1.807, 2.05) is 0 Å². The molecule has 0 saturated heterocycles. The Hall–Kier alpha value is -3.83. The van der Waals surface area contributed by atoms with Crippen LogP contribution in [-0.4, -0.2) is 36.4 Å². The van der Waals surface area contributed by atoms with E-state index >= 15 is 0 Å². The molecule has 6 heteroatoms. The Bertz CT molecular complexity index is 1180. The first-order valence-corrected chi connectivity index (χ1v) is 12.5. The van der Waals surface area contributed by atoms with E-state index in [1.165, 1.54) is 44.9 Å². The van der Waals surface area contributed by atoms with Gasteiger partial charge in [0, 0.05) is 30.9 Å². The highest BCUT2D eigenvalue weighted by molar-refractivity contribution is 7.59. The molecule has 0 aliphatic carbocycles. The van der Waals surface area contributed by atoms with E-state index in [0.29, 0.717) is 0 Å². The van der Waals surface area contributed by atoms with Gasteiger partial charge in [-0.1, -0.05) is 70.6 Å². The average Bonchev–Trinajstić information content (AvgIpc) is 2.90. The topological polar surface area (TPSA) is 72.8 Å². The first-order valence-electron chi connectivity index (χ1n) is 12.5. The number of esters is 2. The second kappa shape index (κ2) is 29.4. The normalized spacial score (nSPS) is 8.71. The maximum absolute atomic E-state index is 11.9. The molecular weight excluding hydrogens is 496 g/mol. The van der Waals surface area contributed by atoms with Crippen LogP contribution in [0.5, 0.6) is 0 Å². The summed E-state index contributed by atoms with van der Waals surface area (Å²) in [6.07, 6.45) is 11.1. The summed E-state index contributed by atoms with van der Waals surface area (Å²) < 4.78 is 10.1. The van der Waals surface area contributed by atoms with Crippen molar-refractivity contribution in [2.75, 3.05) is 13.2 Å². The maximum Gasteiger partial charge on any atom is 0.385 e. The molecule has 0 unspecified atom stereocenters. The summed E-state index contributed by atoms with van der Waals surface area (Å²) in [6, 6.07) is 0. The predicted molar refractivity (Wildman–Crippen MR) is 182 cm³/mol. The molecule has 226 valence electrons. The summed E-state index contributed by atoms with van der Waals surface area (Å²) >= 11 is 0. The number of aliphatic hydroxyl groups is 1. The van der Waals surface area contributed by atoms with Crippen LogP contribution in [0.2, 0.25) is 0 Å². The fourth-order valence-electron chi connectivity index (χ4n) is 2.79. The summed E-state index contributed by atoms with van der Waals surface area (Å²) in [5.74, 6) is 33.0. The fraction of sp³-hybridized carbons (Fsp3) is 0.500. The lowest BCUT2D eigenvalue weighted by Crippen LogP contribution is -2.28. The summed E-state index contributed by atoms with van der Waals surface area (Å²) in [5.41, 5.74) is 0. The van der Waals surface area contributed by atoms with Gasteiger partial charge in [-0.2, -0.15) is 13.5 Å². The zero-order valence-electron chi connectivity index (χ0n) is 22.3. The third-order valence-corrected chi connectivity index (χ3v) is 4.61. The molecule has 0 aromatic rings. The van der Waals surface area contributed by atoms with Gasteiger partial charge in [0.25, 0.3) is 0 Å². The molecule has 0 saturated carbocycles. The van der Waals surface area contributed by atoms with Crippen molar-refractivity contribution >= 4 is 25.4 Å². The highest BCUT2D eigenvalue weighted by atomic mass is 32.1. The van der Waals surface area contributed by atoms with Crippen molar-refractivity contribution < 1.29 is 42.7 Å². The van der Waals surface area contributed by atoms with Gasteiger partial charge >= 0.3 is 11.9 Å². The predicted octanol–water partition coefficient (Wildman–Crippen LogP) is 7.10. The maximum atomic E-state index is 11.9. The van der Waals surface area contributed by atoms with Gasteiger partial charge in [-0.15, -0.1) is 0 Å². The van der Waals surface area contributed by atoms with Gasteiger partial charge in [0.15, 0.2) is 6.10 Å². The van der Waals surface area contributed by atoms with E-state index < -0.39 is 24.6 Å². The number of aliphatic hydroxyl groups excluding tert-OH is 1. The van der Waals surface area contributed by atoms with Gasteiger partial charge in [-0.05, 0) is 84.4 Å². The third-order valence-electron chi connectivity index (χ3n) is 4.61. The standard InChI is InChI=1S/C32H34O5.H2S.13H2/c1-3-5-7-9-11-13-15-16-17-19-20-22-24-26-31(34)36-29-30(28-33)37-32(35)27-25-23-21-18-14-12-10-8-6-4-2;;;;;;;;;;;;;;/h30,33H,4,6,8,10,12,14,18,21,23,25,27-29H2,1-2H3;1H2;13*1H/t30-;;;;;;;;;;;;;;/m1............../s1. The fourth-order valence-corrected chi connectivity index (χ4v) is 2.79. The molecule has 1 N–H and O–H groups in total. The monoisotopic (exact) mass is 558 g/mol. The largest absolute Gasteiger partial charge is 0.456 e. The molecule has 1 atom stereocenters. The Morgan fingerprint density at radius 2 is 1.16 bits per heavy atom. The zero-order valence-corrected chi connectivity index (χ0v) is 23.3. The molecule has 0 amide bonds. The number of unbranched alkanes of at least 4 members (excludes halogenated alkanes) is 9. The van der Waals surface area contributed by atoms with Crippen LogP contribution in [0.1, 0.15) is 103 Å². The second-order valence-corrected chi connectivity index (χ2v) is 7.70. The molecule has 0 radical (unpaired) electrons. The Morgan fingerprint density at radius 3 is 1.63 bits per heavy atom. The third kappa shape index (κ3) is 26.8. The Kier molecular flexibility index (Phi) is 28.1. The van der Waals surface area contributed by atoms with Crippen LogP contribution in [0.4, 0.5) is 0 Å².